The molecule has 0 amide bonds. The lowest BCUT2D eigenvalue weighted by Gasteiger charge is -2.12. The number of nitrogens with zero attached hydrogens (tertiary/aromatic N) is 1. The third-order valence-electron chi connectivity index (χ3n) is 2.60. The van der Waals surface area contributed by atoms with Gasteiger partial charge in [0.25, 0.3) is 5.56 Å². The standard InChI is InChI=1S/C12H15F3N2O3/c1-2-3-5-17-6-4-8(7-16)9(10(17)18)20-11(19)12(13,14)15/h4,6H,2-3,5,7,16H2,1H3. The molecule has 112 valence electrons. The van der Waals surface area contributed by atoms with Gasteiger partial charge in [0, 0.05) is 24.8 Å². The van der Waals surface area contributed by atoms with Crippen LogP contribution in [0.2, 0.25) is 0 Å². The van der Waals surface area contributed by atoms with Crippen LogP contribution >= 0.6 is 0 Å². The third kappa shape index (κ3) is 3.83. The maximum Gasteiger partial charge on any atom is 0.491 e. The Kier molecular flexibility index (Phi) is 5.32. The number of ether oxygens (including phenoxy) is 1. The number of halogens is 3. The molecule has 1 heterocycles. The number of aryl methyl sites for hydroxylation is 1. The Bertz CT molecular complexity index is 538. The first-order valence-corrected chi connectivity index (χ1v) is 6.02. The topological polar surface area (TPSA) is 74.3 Å². The van der Waals surface area contributed by atoms with E-state index >= 15 is 0 Å². The minimum Gasteiger partial charge on any atom is -0.414 e. The van der Waals surface area contributed by atoms with Gasteiger partial charge in [-0.15, -0.1) is 0 Å². The second-order valence-electron chi connectivity index (χ2n) is 4.11. The van der Waals surface area contributed by atoms with Crippen LogP contribution in [0.4, 0.5) is 13.2 Å². The number of rotatable bonds is 5. The monoisotopic (exact) mass is 292 g/mol. The predicted octanol–water partition coefficient (Wildman–Crippen LogP) is 1.57. The Labute approximate surface area is 113 Å². The number of hydrogen-bond donors (Lipinski definition) is 1. The molecule has 0 aliphatic carbocycles. The van der Waals surface area contributed by atoms with Gasteiger partial charge in [-0.05, 0) is 12.5 Å². The Morgan fingerprint density at radius 2 is 2.10 bits per heavy atom. The molecule has 0 unspecified atom stereocenters. The van der Waals surface area contributed by atoms with Crippen LogP contribution in [0.5, 0.6) is 5.75 Å². The van der Waals surface area contributed by atoms with E-state index in [0.717, 1.165) is 6.42 Å². The summed E-state index contributed by atoms with van der Waals surface area (Å²) in [5.41, 5.74) is 4.60. The van der Waals surface area contributed by atoms with Crippen LogP contribution in [0.25, 0.3) is 0 Å². The fourth-order valence-corrected chi connectivity index (χ4v) is 1.52. The molecular formula is C12H15F3N2O3. The summed E-state index contributed by atoms with van der Waals surface area (Å²) >= 11 is 0. The molecule has 1 aromatic heterocycles. The highest BCUT2D eigenvalue weighted by atomic mass is 19.4. The van der Waals surface area contributed by atoms with E-state index in [-0.39, 0.29) is 12.1 Å². The van der Waals surface area contributed by atoms with E-state index in [9.17, 15) is 22.8 Å². The van der Waals surface area contributed by atoms with Crippen molar-refractivity contribution < 1.29 is 22.7 Å². The van der Waals surface area contributed by atoms with E-state index in [2.05, 4.69) is 4.74 Å². The van der Waals surface area contributed by atoms with Crippen LogP contribution in [0, 0.1) is 0 Å². The average molecular weight is 292 g/mol. The van der Waals surface area contributed by atoms with Gasteiger partial charge in [-0.1, -0.05) is 13.3 Å². The highest BCUT2D eigenvalue weighted by Gasteiger charge is 2.42. The third-order valence-corrected chi connectivity index (χ3v) is 2.60. The van der Waals surface area contributed by atoms with Crippen molar-refractivity contribution in [3.05, 3.63) is 28.2 Å². The Hall–Kier alpha value is -1.83. The molecule has 0 bridgehead atoms. The van der Waals surface area contributed by atoms with E-state index in [0.29, 0.717) is 13.0 Å². The van der Waals surface area contributed by atoms with Crippen molar-refractivity contribution in [2.75, 3.05) is 0 Å². The van der Waals surface area contributed by atoms with E-state index in [4.69, 9.17) is 5.73 Å². The summed E-state index contributed by atoms with van der Waals surface area (Å²) in [6.07, 6.45) is -2.26. The van der Waals surface area contributed by atoms with Gasteiger partial charge < -0.3 is 15.0 Å². The summed E-state index contributed by atoms with van der Waals surface area (Å²) < 4.78 is 41.9. The number of pyridine rings is 1. The summed E-state index contributed by atoms with van der Waals surface area (Å²) in [5.74, 6) is -3.09. The maximum atomic E-state index is 12.2. The second kappa shape index (κ2) is 6.56. The molecule has 2 N–H and O–H groups in total. The first-order chi connectivity index (χ1) is 9.31. The number of hydrogen-bond acceptors (Lipinski definition) is 4. The van der Waals surface area contributed by atoms with Gasteiger partial charge in [0.1, 0.15) is 0 Å². The number of carbonyl (C=O) groups excluding carboxylic acids is 1. The molecule has 0 atom stereocenters. The van der Waals surface area contributed by atoms with Crippen molar-refractivity contribution in [2.45, 2.75) is 39.0 Å². The highest BCUT2D eigenvalue weighted by Crippen LogP contribution is 2.20. The summed E-state index contributed by atoms with van der Waals surface area (Å²) in [4.78, 5) is 22.8. The summed E-state index contributed by atoms with van der Waals surface area (Å²) in [5, 5.41) is 0. The molecule has 20 heavy (non-hydrogen) atoms. The number of alkyl halides is 3. The molecule has 1 rings (SSSR count). The maximum absolute atomic E-state index is 12.2. The second-order valence-corrected chi connectivity index (χ2v) is 4.11. The SMILES string of the molecule is CCCCn1ccc(CN)c(OC(=O)C(F)(F)F)c1=O. The van der Waals surface area contributed by atoms with Crippen molar-refractivity contribution in [2.24, 2.45) is 5.73 Å². The molecule has 0 saturated heterocycles. The Morgan fingerprint density at radius 3 is 2.60 bits per heavy atom. The van der Waals surface area contributed by atoms with E-state index in [1.165, 1.54) is 16.8 Å². The average Bonchev–Trinajstić information content (AvgIpc) is 2.38. The summed E-state index contributed by atoms with van der Waals surface area (Å²) in [6.45, 7) is 2.03. The van der Waals surface area contributed by atoms with Gasteiger partial charge in [0.05, 0.1) is 0 Å². The number of carbonyl (C=O) groups is 1. The van der Waals surface area contributed by atoms with E-state index < -0.39 is 23.5 Å². The number of nitrogens with two attached hydrogens (primary N) is 1. The lowest BCUT2D eigenvalue weighted by Crippen LogP contribution is -2.32. The van der Waals surface area contributed by atoms with Crippen molar-refractivity contribution in [1.29, 1.82) is 0 Å². The molecule has 0 aliphatic heterocycles. The molecule has 0 aromatic carbocycles. The zero-order chi connectivity index (χ0) is 15.3. The van der Waals surface area contributed by atoms with Gasteiger partial charge in [-0.3, -0.25) is 4.79 Å². The van der Waals surface area contributed by atoms with Gasteiger partial charge in [-0.2, -0.15) is 13.2 Å². The van der Waals surface area contributed by atoms with Crippen LogP contribution in [0.15, 0.2) is 17.1 Å². The largest absolute Gasteiger partial charge is 0.491 e. The molecule has 1 aromatic rings. The van der Waals surface area contributed by atoms with Crippen molar-refractivity contribution in [3.8, 4) is 5.75 Å². The lowest BCUT2D eigenvalue weighted by atomic mass is 10.2. The fraction of sp³-hybridized carbons (Fsp3) is 0.500. The normalized spacial score (nSPS) is 11.4. The first kappa shape index (κ1) is 16.2. The van der Waals surface area contributed by atoms with E-state index in [1.807, 2.05) is 6.92 Å². The van der Waals surface area contributed by atoms with Crippen LogP contribution in [0.1, 0.15) is 25.3 Å². The van der Waals surface area contributed by atoms with Gasteiger partial charge in [-0.25, -0.2) is 4.79 Å². The molecule has 0 fully saturated rings. The molecule has 0 saturated carbocycles. The summed E-state index contributed by atoms with van der Waals surface area (Å²) in [7, 11) is 0. The highest BCUT2D eigenvalue weighted by molar-refractivity contribution is 5.78. The first-order valence-electron chi connectivity index (χ1n) is 6.02. The number of esters is 1. The van der Waals surface area contributed by atoms with Gasteiger partial charge >= 0.3 is 12.1 Å². The predicted molar refractivity (Wildman–Crippen MR) is 65.2 cm³/mol. The lowest BCUT2D eigenvalue weighted by molar-refractivity contribution is -0.189. The quantitative estimate of drug-likeness (QED) is 0.836. The van der Waals surface area contributed by atoms with Gasteiger partial charge in [0.15, 0.2) is 0 Å². The van der Waals surface area contributed by atoms with Gasteiger partial charge in [0.2, 0.25) is 5.75 Å². The Balaban J connectivity index is 3.15. The zero-order valence-corrected chi connectivity index (χ0v) is 10.9. The molecular weight excluding hydrogens is 277 g/mol. The molecule has 0 radical (unpaired) electrons. The molecule has 0 aliphatic rings. The molecule has 0 spiro atoms. The Morgan fingerprint density at radius 1 is 1.45 bits per heavy atom. The fourth-order valence-electron chi connectivity index (χ4n) is 1.52. The number of unbranched alkanes of at least 4 members (excludes halogenated alkanes) is 1. The minimum atomic E-state index is -5.16. The summed E-state index contributed by atoms with van der Waals surface area (Å²) in [6, 6.07) is 1.37. The zero-order valence-electron chi connectivity index (χ0n) is 10.9. The van der Waals surface area contributed by atoms with Crippen LogP contribution < -0.4 is 16.0 Å². The minimum absolute atomic E-state index is 0.0559. The van der Waals surface area contributed by atoms with Crippen LogP contribution in [0.3, 0.4) is 0 Å². The molecule has 8 heteroatoms. The smallest absolute Gasteiger partial charge is 0.414 e. The molecule has 5 nitrogen and oxygen atoms in total. The van der Waals surface area contributed by atoms with Crippen molar-refractivity contribution >= 4 is 5.97 Å². The number of aromatic nitrogens is 1. The van der Waals surface area contributed by atoms with Crippen molar-refractivity contribution in [1.82, 2.24) is 4.57 Å². The van der Waals surface area contributed by atoms with Crippen LogP contribution in [-0.4, -0.2) is 16.7 Å². The van der Waals surface area contributed by atoms with Crippen molar-refractivity contribution in [3.63, 3.8) is 0 Å². The van der Waals surface area contributed by atoms with Crippen LogP contribution in [-0.2, 0) is 17.9 Å². The van der Waals surface area contributed by atoms with E-state index in [1.54, 1.807) is 0 Å².